The number of hydrogen-bond donors (Lipinski definition) is 2. The number of carbonyl (C=O) groups excluding carboxylic acids is 4. The van der Waals surface area contributed by atoms with Gasteiger partial charge in [0.05, 0.1) is 11.5 Å². The van der Waals surface area contributed by atoms with Crippen LogP contribution in [0.3, 0.4) is 0 Å². The average molecular weight is 677 g/mol. The zero-order chi connectivity index (χ0) is 35.4. The summed E-state index contributed by atoms with van der Waals surface area (Å²) in [5, 5.41) is 2.74. The summed E-state index contributed by atoms with van der Waals surface area (Å²) in [5.74, 6) is -1.51. The van der Waals surface area contributed by atoms with Crippen LogP contribution in [0.15, 0.2) is 25.3 Å². The van der Waals surface area contributed by atoms with Crippen LogP contribution in [0.2, 0.25) is 18.1 Å². The molecule has 0 radical (unpaired) electrons. The van der Waals surface area contributed by atoms with Gasteiger partial charge in [-0.05, 0) is 89.9 Å². The Morgan fingerprint density at radius 1 is 1.11 bits per heavy atom. The summed E-state index contributed by atoms with van der Waals surface area (Å²) < 4.78 is 12.2. The van der Waals surface area contributed by atoms with E-state index in [1.54, 1.807) is 26.8 Å². The lowest BCUT2D eigenvalue weighted by atomic mass is 10.0. The molecule has 0 aromatic rings. The Balaban J connectivity index is 1.87. The molecule has 266 valence electrons. The first-order valence-corrected chi connectivity index (χ1v) is 20.2. The summed E-state index contributed by atoms with van der Waals surface area (Å²) in [6.07, 6.45) is 7.70. The molecule has 3 rings (SSSR count). The van der Waals surface area contributed by atoms with E-state index in [2.05, 4.69) is 62.7 Å². The molecule has 0 aromatic heterocycles. The fourth-order valence-corrected chi connectivity index (χ4v) is 7.39. The molecular formula is C35H60N4O7Si. The van der Waals surface area contributed by atoms with Gasteiger partial charge in [-0.15, -0.1) is 13.2 Å². The first-order valence-electron chi connectivity index (χ1n) is 17.2. The largest absolute Gasteiger partial charge is 0.444 e. The van der Waals surface area contributed by atoms with E-state index in [-0.39, 0.29) is 30.5 Å². The van der Waals surface area contributed by atoms with Crippen LogP contribution < -0.4 is 10.8 Å². The number of alkyl carbamates (subject to hydrolysis) is 1. The second kappa shape index (κ2) is 15.2. The first kappa shape index (κ1) is 38.7. The molecule has 0 aromatic carbocycles. The van der Waals surface area contributed by atoms with E-state index < -0.39 is 61.4 Å². The molecule has 1 heterocycles. The van der Waals surface area contributed by atoms with Crippen molar-refractivity contribution in [1.29, 1.82) is 0 Å². The zero-order valence-electron chi connectivity index (χ0n) is 30.3. The highest BCUT2D eigenvalue weighted by Gasteiger charge is 2.59. The van der Waals surface area contributed by atoms with E-state index in [0.717, 1.165) is 32.2 Å². The van der Waals surface area contributed by atoms with Gasteiger partial charge in [-0.1, -0.05) is 39.8 Å². The van der Waals surface area contributed by atoms with Crippen molar-refractivity contribution in [2.24, 2.45) is 11.3 Å². The maximum atomic E-state index is 14.5. The third-order valence-corrected chi connectivity index (χ3v) is 14.7. The maximum Gasteiger partial charge on any atom is 0.408 e. The van der Waals surface area contributed by atoms with Crippen LogP contribution in [0.25, 0.3) is 0 Å². The molecule has 0 unspecified atom stereocenters. The molecule has 2 N–H and O–H groups in total. The predicted molar refractivity (Wildman–Crippen MR) is 185 cm³/mol. The van der Waals surface area contributed by atoms with Gasteiger partial charge in [-0.25, -0.2) is 9.59 Å². The van der Waals surface area contributed by atoms with E-state index in [9.17, 15) is 19.2 Å². The SMILES string of the molecule is C=CCCCN(C[C@H](NC(=O)OC(C)(C)C)C(=O)N1C[C@H](O[Si](C)(C)C(C)(C)C)C[C@H]1C(=O)NOC(=O)[C@]1(CC)C[C@H]1C=C)C1CC1. The molecule has 3 aliphatic rings. The smallest absolute Gasteiger partial charge is 0.408 e. The topological polar surface area (TPSA) is 127 Å². The number of likely N-dealkylation sites (tertiary alicyclic amines) is 1. The standard InChI is InChI=1S/C35H60N4O7Si/c1-12-15-16-19-38(25-17-18-25)23-27(36-32(43)44-33(4,5)6)30(41)39-22-26(46-47(10,11)34(7,8)9)20-28(39)29(40)37-45-31(42)35(14-3)21-24(35)13-2/h12-13,24-28H,1-2,14-23H2,3-11H3,(H,36,43)(H,37,40)/t24-,26-,27+,28+,35-/m1/s1. The van der Waals surface area contributed by atoms with Crippen molar-refractivity contribution >= 4 is 32.2 Å². The second-order valence-corrected chi connectivity index (χ2v) is 20.8. The van der Waals surface area contributed by atoms with E-state index in [1.807, 2.05) is 13.0 Å². The van der Waals surface area contributed by atoms with Gasteiger partial charge in [0, 0.05) is 25.6 Å². The van der Waals surface area contributed by atoms with Crippen molar-refractivity contribution < 1.29 is 33.2 Å². The third-order valence-electron chi connectivity index (χ3n) is 10.1. The van der Waals surface area contributed by atoms with Crippen LogP contribution in [0.4, 0.5) is 4.79 Å². The Kier molecular flexibility index (Phi) is 12.6. The first-order chi connectivity index (χ1) is 21.8. The summed E-state index contributed by atoms with van der Waals surface area (Å²) in [7, 11) is -2.27. The van der Waals surface area contributed by atoms with Crippen molar-refractivity contribution in [3.05, 3.63) is 25.3 Å². The third kappa shape index (κ3) is 10.1. The fraction of sp³-hybridized carbons (Fsp3) is 0.771. The quantitative estimate of drug-likeness (QED) is 0.101. The number of unbranched alkanes of at least 4 members (excludes halogenated alkanes) is 1. The highest BCUT2D eigenvalue weighted by molar-refractivity contribution is 6.74. The Morgan fingerprint density at radius 2 is 1.77 bits per heavy atom. The summed E-state index contributed by atoms with van der Waals surface area (Å²) in [6.45, 7) is 26.7. The minimum Gasteiger partial charge on any atom is -0.444 e. The molecule has 1 aliphatic heterocycles. The number of hydrogen-bond acceptors (Lipinski definition) is 8. The Labute approximate surface area is 283 Å². The van der Waals surface area contributed by atoms with Crippen molar-refractivity contribution in [2.75, 3.05) is 19.6 Å². The summed E-state index contributed by atoms with van der Waals surface area (Å²) >= 11 is 0. The van der Waals surface area contributed by atoms with Gasteiger partial charge in [0.25, 0.3) is 5.91 Å². The number of carbonyl (C=O) groups is 4. The summed E-state index contributed by atoms with van der Waals surface area (Å²) in [5.41, 5.74) is 0.921. The fourth-order valence-electron chi connectivity index (χ4n) is 6.03. The molecule has 11 nitrogen and oxygen atoms in total. The molecule has 2 aliphatic carbocycles. The van der Waals surface area contributed by atoms with Crippen molar-refractivity contribution in [2.45, 2.75) is 141 Å². The second-order valence-electron chi connectivity index (χ2n) is 16.0. The number of amides is 3. The van der Waals surface area contributed by atoms with Crippen molar-refractivity contribution in [3.8, 4) is 0 Å². The van der Waals surface area contributed by atoms with E-state index in [1.165, 1.54) is 4.90 Å². The van der Waals surface area contributed by atoms with Gasteiger partial charge in [-0.2, -0.15) is 5.48 Å². The van der Waals surface area contributed by atoms with Crippen LogP contribution in [-0.4, -0.2) is 91.5 Å². The van der Waals surface area contributed by atoms with Gasteiger partial charge >= 0.3 is 12.1 Å². The average Bonchev–Trinajstić information content (AvgIpc) is 3.89. The van der Waals surface area contributed by atoms with E-state index >= 15 is 0 Å². The molecule has 47 heavy (non-hydrogen) atoms. The van der Waals surface area contributed by atoms with Crippen LogP contribution in [0.5, 0.6) is 0 Å². The lowest BCUT2D eigenvalue weighted by Gasteiger charge is -2.38. The molecular weight excluding hydrogens is 616 g/mol. The molecule has 1 saturated heterocycles. The Hall–Kier alpha value is -2.70. The number of nitrogens with one attached hydrogen (secondary N) is 2. The molecule has 5 atom stereocenters. The highest BCUT2D eigenvalue weighted by Crippen LogP contribution is 2.56. The molecule has 2 saturated carbocycles. The van der Waals surface area contributed by atoms with Crippen LogP contribution in [-0.2, 0) is 28.4 Å². The zero-order valence-corrected chi connectivity index (χ0v) is 31.3. The number of rotatable bonds is 15. The molecule has 12 heteroatoms. The van der Waals surface area contributed by atoms with Crippen molar-refractivity contribution in [3.63, 3.8) is 0 Å². The minimum absolute atomic E-state index is 0.00408. The molecule has 3 amide bonds. The number of ether oxygens (including phenoxy) is 1. The number of nitrogens with zero attached hydrogens (tertiary/aromatic N) is 2. The van der Waals surface area contributed by atoms with Crippen LogP contribution in [0.1, 0.15) is 93.4 Å². The molecule has 3 fully saturated rings. The number of hydroxylamine groups is 1. The lowest BCUT2D eigenvalue weighted by Crippen LogP contribution is -2.57. The Bertz CT molecular complexity index is 1180. The van der Waals surface area contributed by atoms with Gasteiger partial charge in [-0.3, -0.25) is 14.5 Å². The van der Waals surface area contributed by atoms with Crippen LogP contribution >= 0.6 is 0 Å². The molecule has 0 spiro atoms. The van der Waals surface area contributed by atoms with Gasteiger partial charge in [0.15, 0.2) is 8.32 Å². The maximum absolute atomic E-state index is 14.5. The van der Waals surface area contributed by atoms with Gasteiger partial charge in [0.1, 0.15) is 17.7 Å². The minimum atomic E-state index is -2.27. The Morgan fingerprint density at radius 3 is 2.28 bits per heavy atom. The van der Waals surface area contributed by atoms with Crippen molar-refractivity contribution in [1.82, 2.24) is 20.6 Å². The lowest BCUT2D eigenvalue weighted by molar-refractivity contribution is -0.166. The normalized spacial score (nSPS) is 25.1. The summed E-state index contributed by atoms with van der Waals surface area (Å²) in [6, 6.07) is -1.60. The monoisotopic (exact) mass is 676 g/mol. The van der Waals surface area contributed by atoms with E-state index in [4.69, 9.17) is 14.0 Å². The predicted octanol–water partition coefficient (Wildman–Crippen LogP) is 5.48. The van der Waals surface area contributed by atoms with E-state index in [0.29, 0.717) is 18.9 Å². The summed E-state index contributed by atoms with van der Waals surface area (Å²) in [4.78, 5) is 63.4. The number of allylic oxidation sites excluding steroid dienone is 2. The van der Waals surface area contributed by atoms with Gasteiger partial charge in [0.2, 0.25) is 5.91 Å². The molecule has 0 bridgehead atoms. The highest BCUT2D eigenvalue weighted by atomic mass is 28.4. The van der Waals surface area contributed by atoms with Gasteiger partial charge < -0.3 is 24.2 Å². The van der Waals surface area contributed by atoms with Crippen LogP contribution in [0, 0.1) is 11.3 Å².